The molecule has 0 fully saturated rings. The van der Waals surface area contributed by atoms with E-state index in [0.717, 1.165) is 17.7 Å². The maximum absolute atomic E-state index is 12.2. The maximum atomic E-state index is 12.2. The number of aromatic hydroxyl groups is 1. The van der Waals surface area contributed by atoms with E-state index in [2.05, 4.69) is 4.72 Å². The Balaban J connectivity index is 2.41. The Bertz CT molecular complexity index is 785. The van der Waals surface area contributed by atoms with E-state index >= 15 is 0 Å². The number of benzene rings is 2. The van der Waals surface area contributed by atoms with Gasteiger partial charge in [-0.15, -0.1) is 0 Å². The van der Waals surface area contributed by atoms with Crippen LogP contribution in [0, 0.1) is 17.0 Å². The number of nitro benzene ring substituents is 1. The number of hydrogen-bond donors (Lipinski definition) is 2. The molecule has 0 spiro atoms. The lowest BCUT2D eigenvalue weighted by atomic mass is 10.2. The number of anilines is 1. The molecule has 0 radical (unpaired) electrons. The van der Waals surface area contributed by atoms with Crippen molar-refractivity contribution in [3.8, 4) is 5.75 Å². The van der Waals surface area contributed by atoms with Crippen molar-refractivity contribution in [1.29, 1.82) is 0 Å². The van der Waals surface area contributed by atoms with E-state index in [9.17, 15) is 23.6 Å². The van der Waals surface area contributed by atoms with Crippen molar-refractivity contribution in [3.05, 3.63) is 58.1 Å². The minimum Gasteiger partial charge on any atom is -0.508 e. The summed E-state index contributed by atoms with van der Waals surface area (Å²) >= 11 is 0. The van der Waals surface area contributed by atoms with Crippen molar-refractivity contribution in [2.75, 3.05) is 4.72 Å². The SMILES string of the molecule is Cc1ccc(S(=O)(=O)Nc2ccc(O)cc2[N+](=O)[O-])cc1. The van der Waals surface area contributed by atoms with Crippen LogP contribution in [0.4, 0.5) is 11.4 Å². The van der Waals surface area contributed by atoms with Crippen LogP contribution in [0.3, 0.4) is 0 Å². The zero-order chi connectivity index (χ0) is 15.6. The zero-order valence-electron chi connectivity index (χ0n) is 11.0. The normalized spacial score (nSPS) is 11.1. The third-order valence-electron chi connectivity index (χ3n) is 2.75. The molecule has 2 rings (SSSR count). The van der Waals surface area contributed by atoms with Gasteiger partial charge in [-0.1, -0.05) is 17.7 Å². The summed E-state index contributed by atoms with van der Waals surface area (Å²) in [6.07, 6.45) is 0. The van der Waals surface area contributed by atoms with Gasteiger partial charge in [0.2, 0.25) is 0 Å². The van der Waals surface area contributed by atoms with Crippen molar-refractivity contribution in [3.63, 3.8) is 0 Å². The molecule has 2 aromatic carbocycles. The Kier molecular flexibility index (Phi) is 3.81. The van der Waals surface area contributed by atoms with E-state index < -0.39 is 20.6 Å². The molecule has 0 heterocycles. The van der Waals surface area contributed by atoms with Gasteiger partial charge in [-0.2, -0.15) is 0 Å². The summed E-state index contributed by atoms with van der Waals surface area (Å²) in [5.74, 6) is -0.319. The average molecular weight is 308 g/mol. The minimum atomic E-state index is -3.94. The van der Waals surface area contributed by atoms with Crippen LogP contribution >= 0.6 is 0 Å². The number of rotatable bonds is 4. The van der Waals surface area contributed by atoms with Crippen LogP contribution in [0.2, 0.25) is 0 Å². The van der Waals surface area contributed by atoms with Crippen molar-refractivity contribution in [2.24, 2.45) is 0 Å². The maximum Gasteiger partial charge on any atom is 0.297 e. The average Bonchev–Trinajstić information content (AvgIpc) is 2.41. The number of phenols is 1. The van der Waals surface area contributed by atoms with Crippen molar-refractivity contribution in [2.45, 2.75) is 11.8 Å². The minimum absolute atomic E-state index is 0.00419. The fourth-order valence-corrected chi connectivity index (χ4v) is 2.75. The van der Waals surface area contributed by atoms with Gasteiger partial charge in [0.1, 0.15) is 11.4 Å². The molecule has 8 heteroatoms. The molecule has 0 unspecified atom stereocenters. The van der Waals surface area contributed by atoms with E-state index in [0.29, 0.717) is 0 Å². The molecule has 0 saturated carbocycles. The topological polar surface area (TPSA) is 110 Å². The first-order valence-electron chi connectivity index (χ1n) is 5.86. The van der Waals surface area contributed by atoms with Crippen LogP contribution in [-0.2, 0) is 10.0 Å². The second-order valence-electron chi connectivity index (χ2n) is 4.38. The molecule has 110 valence electrons. The van der Waals surface area contributed by atoms with Crippen molar-refractivity contribution in [1.82, 2.24) is 0 Å². The first-order chi connectivity index (χ1) is 9.79. The summed E-state index contributed by atoms with van der Waals surface area (Å²) in [5, 5.41) is 20.2. The predicted octanol–water partition coefficient (Wildman–Crippen LogP) is 2.41. The summed E-state index contributed by atoms with van der Waals surface area (Å²) in [5.41, 5.74) is 0.161. The highest BCUT2D eigenvalue weighted by atomic mass is 32.2. The van der Waals surface area contributed by atoms with E-state index in [1.54, 1.807) is 12.1 Å². The lowest BCUT2D eigenvalue weighted by Gasteiger charge is -2.09. The molecule has 0 amide bonds. The number of sulfonamides is 1. The molecule has 0 bridgehead atoms. The third kappa shape index (κ3) is 3.29. The highest BCUT2D eigenvalue weighted by molar-refractivity contribution is 7.92. The first kappa shape index (κ1) is 14.8. The standard InChI is InChI=1S/C13H12N2O5S/c1-9-2-5-11(6-3-9)21(19,20)14-12-7-4-10(16)8-13(12)15(17)18/h2-8,14,16H,1H3. The Hall–Kier alpha value is -2.61. The summed E-state index contributed by atoms with van der Waals surface area (Å²) in [4.78, 5) is 10.1. The molecule has 7 nitrogen and oxygen atoms in total. The Morgan fingerprint density at radius 3 is 2.33 bits per heavy atom. The molecular formula is C13H12N2O5S. The number of aryl methyl sites for hydroxylation is 1. The number of hydrogen-bond acceptors (Lipinski definition) is 5. The van der Waals surface area contributed by atoms with Gasteiger partial charge in [-0.3, -0.25) is 14.8 Å². The monoisotopic (exact) mass is 308 g/mol. The van der Waals surface area contributed by atoms with Gasteiger partial charge in [0, 0.05) is 0 Å². The third-order valence-corrected chi connectivity index (χ3v) is 4.14. The summed E-state index contributed by atoms with van der Waals surface area (Å²) in [7, 11) is -3.94. The van der Waals surface area contributed by atoms with Crippen LogP contribution in [0.15, 0.2) is 47.4 Å². The predicted molar refractivity (Wildman–Crippen MR) is 76.7 cm³/mol. The van der Waals surface area contributed by atoms with E-state index in [1.807, 2.05) is 6.92 Å². The quantitative estimate of drug-likeness (QED) is 0.512. The molecule has 2 N–H and O–H groups in total. The van der Waals surface area contributed by atoms with Crippen molar-refractivity contribution >= 4 is 21.4 Å². The molecule has 21 heavy (non-hydrogen) atoms. The second kappa shape index (κ2) is 5.41. The Morgan fingerprint density at radius 1 is 1.14 bits per heavy atom. The smallest absolute Gasteiger partial charge is 0.297 e. The number of nitro groups is 1. The number of nitrogens with one attached hydrogen (secondary N) is 1. The molecular weight excluding hydrogens is 296 g/mol. The molecule has 2 aromatic rings. The molecule has 0 aliphatic heterocycles. The molecule has 0 atom stereocenters. The van der Waals surface area contributed by atoms with Crippen LogP contribution in [0.1, 0.15) is 5.56 Å². The Labute approximate surface area is 121 Å². The van der Waals surface area contributed by atoms with Gasteiger partial charge in [0.15, 0.2) is 0 Å². The van der Waals surface area contributed by atoms with Crippen LogP contribution in [-0.4, -0.2) is 18.4 Å². The highest BCUT2D eigenvalue weighted by Gasteiger charge is 2.21. The lowest BCUT2D eigenvalue weighted by molar-refractivity contribution is -0.384. The fourth-order valence-electron chi connectivity index (χ4n) is 1.68. The molecule has 0 aliphatic carbocycles. The Morgan fingerprint density at radius 2 is 1.76 bits per heavy atom. The summed E-state index contributed by atoms with van der Waals surface area (Å²) in [6.45, 7) is 1.81. The molecule has 0 aliphatic rings. The van der Waals surface area contributed by atoms with E-state index in [4.69, 9.17) is 0 Å². The van der Waals surface area contributed by atoms with Gasteiger partial charge in [-0.05, 0) is 31.2 Å². The summed E-state index contributed by atoms with van der Waals surface area (Å²) < 4.78 is 26.5. The second-order valence-corrected chi connectivity index (χ2v) is 6.06. The largest absolute Gasteiger partial charge is 0.508 e. The van der Waals surface area contributed by atoms with Gasteiger partial charge >= 0.3 is 0 Å². The first-order valence-corrected chi connectivity index (χ1v) is 7.35. The van der Waals surface area contributed by atoms with E-state index in [-0.39, 0.29) is 16.3 Å². The van der Waals surface area contributed by atoms with Crippen molar-refractivity contribution < 1.29 is 18.4 Å². The number of phenolic OH excluding ortho intramolecular Hbond substituents is 1. The zero-order valence-corrected chi connectivity index (χ0v) is 11.8. The van der Waals surface area contributed by atoms with Gasteiger partial charge in [-0.25, -0.2) is 8.42 Å². The van der Waals surface area contributed by atoms with Gasteiger partial charge < -0.3 is 5.11 Å². The fraction of sp³-hybridized carbons (Fsp3) is 0.0769. The van der Waals surface area contributed by atoms with Crippen LogP contribution in [0.5, 0.6) is 5.75 Å². The highest BCUT2D eigenvalue weighted by Crippen LogP contribution is 2.30. The number of nitrogens with zero attached hydrogens (tertiary/aromatic N) is 1. The van der Waals surface area contributed by atoms with Gasteiger partial charge in [0.05, 0.1) is 15.9 Å². The van der Waals surface area contributed by atoms with Crippen LogP contribution in [0.25, 0.3) is 0 Å². The lowest BCUT2D eigenvalue weighted by Crippen LogP contribution is -2.14. The van der Waals surface area contributed by atoms with Crippen LogP contribution < -0.4 is 4.72 Å². The molecule has 0 aromatic heterocycles. The van der Waals surface area contributed by atoms with Gasteiger partial charge in [0.25, 0.3) is 15.7 Å². The summed E-state index contributed by atoms with van der Waals surface area (Å²) in [6, 6.07) is 9.25. The molecule has 0 saturated heterocycles. The van der Waals surface area contributed by atoms with E-state index in [1.165, 1.54) is 18.2 Å².